The summed E-state index contributed by atoms with van der Waals surface area (Å²) >= 11 is 6.32. The molecule has 5 aromatic rings. The molecule has 0 heterocycles. The minimum Gasteiger partial charge on any atom is -0.0843 e. The molecule has 0 bridgehead atoms. The maximum Gasteiger partial charge on any atom is 0.0725 e. The summed E-state index contributed by atoms with van der Waals surface area (Å²) in [6, 6.07) is 37.6. The molecular formula is C29H17Cl. The first kappa shape index (κ1) is 16.4. The highest BCUT2D eigenvalue weighted by Gasteiger charge is 2.51. The molecule has 0 nitrogen and oxygen atoms in total. The van der Waals surface area contributed by atoms with Gasteiger partial charge in [0.05, 0.1) is 5.41 Å². The lowest BCUT2D eigenvalue weighted by Gasteiger charge is -2.30. The molecule has 0 amide bonds. The van der Waals surface area contributed by atoms with Crippen LogP contribution in [0.2, 0.25) is 5.02 Å². The first-order chi connectivity index (χ1) is 14.8. The zero-order valence-electron chi connectivity index (χ0n) is 16.2. The number of rotatable bonds is 0. The predicted molar refractivity (Wildman–Crippen MR) is 125 cm³/mol. The zero-order chi connectivity index (χ0) is 19.9. The van der Waals surface area contributed by atoms with Gasteiger partial charge in [0.15, 0.2) is 0 Å². The van der Waals surface area contributed by atoms with Crippen LogP contribution in [0.3, 0.4) is 0 Å². The molecule has 0 unspecified atom stereocenters. The van der Waals surface area contributed by atoms with Crippen molar-refractivity contribution in [3.63, 3.8) is 0 Å². The minimum atomic E-state index is -0.271. The van der Waals surface area contributed by atoms with Crippen LogP contribution in [0, 0.1) is 0 Å². The highest BCUT2D eigenvalue weighted by atomic mass is 35.5. The lowest BCUT2D eigenvalue weighted by atomic mass is 9.70. The van der Waals surface area contributed by atoms with Gasteiger partial charge in [-0.2, -0.15) is 0 Å². The van der Waals surface area contributed by atoms with Gasteiger partial charge in [0.2, 0.25) is 0 Å². The van der Waals surface area contributed by atoms with E-state index < -0.39 is 0 Å². The van der Waals surface area contributed by atoms with Crippen molar-refractivity contribution in [2.75, 3.05) is 0 Å². The Morgan fingerprint density at radius 3 is 1.73 bits per heavy atom. The molecule has 7 rings (SSSR count). The van der Waals surface area contributed by atoms with Gasteiger partial charge in [-0.25, -0.2) is 0 Å². The van der Waals surface area contributed by atoms with Crippen molar-refractivity contribution in [3.8, 4) is 22.3 Å². The quantitative estimate of drug-likeness (QED) is 0.243. The topological polar surface area (TPSA) is 0 Å². The molecule has 0 saturated heterocycles. The van der Waals surface area contributed by atoms with Crippen molar-refractivity contribution in [1.82, 2.24) is 0 Å². The smallest absolute Gasteiger partial charge is 0.0725 e. The van der Waals surface area contributed by atoms with Crippen molar-refractivity contribution < 1.29 is 0 Å². The van der Waals surface area contributed by atoms with E-state index in [1.165, 1.54) is 55.3 Å². The van der Waals surface area contributed by atoms with Gasteiger partial charge in [-0.1, -0.05) is 103 Å². The van der Waals surface area contributed by atoms with E-state index in [-0.39, 0.29) is 5.41 Å². The van der Waals surface area contributed by atoms with E-state index in [1.54, 1.807) is 0 Å². The van der Waals surface area contributed by atoms with Crippen molar-refractivity contribution in [2.24, 2.45) is 0 Å². The van der Waals surface area contributed by atoms with Gasteiger partial charge in [-0.3, -0.25) is 0 Å². The summed E-state index contributed by atoms with van der Waals surface area (Å²) in [6.07, 6.45) is 0. The van der Waals surface area contributed by atoms with E-state index in [1.807, 2.05) is 6.07 Å². The van der Waals surface area contributed by atoms with Gasteiger partial charge in [0, 0.05) is 5.02 Å². The molecule has 0 aliphatic heterocycles. The van der Waals surface area contributed by atoms with E-state index in [0.717, 1.165) is 5.02 Å². The SMILES string of the molecule is Clc1ccc2c3c(ccc2c1)C1(c2ccccc2-c2ccccc21)c1ccccc1-3. The average molecular weight is 401 g/mol. The van der Waals surface area contributed by atoms with Crippen LogP contribution in [-0.4, -0.2) is 0 Å². The number of benzene rings is 5. The van der Waals surface area contributed by atoms with Crippen LogP contribution in [0.25, 0.3) is 33.0 Å². The highest BCUT2D eigenvalue weighted by molar-refractivity contribution is 6.31. The van der Waals surface area contributed by atoms with Crippen LogP contribution in [0.5, 0.6) is 0 Å². The lowest BCUT2D eigenvalue weighted by Crippen LogP contribution is -2.25. The highest BCUT2D eigenvalue weighted by Crippen LogP contribution is 2.63. The molecule has 0 atom stereocenters. The summed E-state index contributed by atoms with van der Waals surface area (Å²) in [7, 11) is 0. The lowest BCUT2D eigenvalue weighted by molar-refractivity contribution is 0.794. The molecule has 0 N–H and O–H groups in total. The largest absolute Gasteiger partial charge is 0.0843 e. The Morgan fingerprint density at radius 2 is 1.07 bits per heavy atom. The average Bonchev–Trinajstić information content (AvgIpc) is 3.26. The summed E-state index contributed by atoms with van der Waals surface area (Å²) in [5.41, 5.74) is 10.6. The van der Waals surface area contributed by atoms with E-state index >= 15 is 0 Å². The van der Waals surface area contributed by atoms with Gasteiger partial charge in [-0.05, 0) is 67.4 Å². The number of hydrogen-bond donors (Lipinski definition) is 0. The van der Waals surface area contributed by atoms with Crippen LogP contribution in [-0.2, 0) is 5.41 Å². The Hall–Kier alpha value is -3.35. The molecule has 0 radical (unpaired) electrons. The van der Waals surface area contributed by atoms with Crippen molar-refractivity contribution in [3.05, 3.63) is 130 Å². The monoisotopic (exact) mass is 400 g/mol. The fourth-order valence-corrected chi connectivity index (χ4v) is 6.07. The van der Waals surface area contributed by atoms with Crippen LogP contribution < -0.4 is 0 Å². The van der Waals surface area contributed by atoms with Gasteiger partial charge in [0.25, 0.3) is 0 Å². The maximum atomic E-state index is 6.32. The standard InChI is InChI=1S/C29H17Cl/c30-19-14-15-20-18(17-19)13-16-27-28(20)23-9-3-6-12-26(23)29(27)24-10-4-1-7-21(24)22-8-2-5-11-25(22)29/h1-17H. The molecule has 0 saturated carbocycles. The van der Waals surface area contributed by atoms with Gasteiger partial charge in [0.1, 0.15) is 0 Å². The summed E-state index contributed by atoms with van der Waals surface area (Å²) < 4.78 is 0. The molecule has 30 heavy (non-hydrogen) atoms. The Morgan fingerprint density at radius 1 is 0.500 bits per heavy atom. The first-order valence-electron chi connectivity index (χ1n) is 10.3. The summed E-state index contributed by atoms with van der Waals surface area (Å²) in [4.78, 5) is 0. The van der Waals surface area contributed by atoms with E-state index in [2.05, 4.69) is 97.1 Å². The van der Waals surface area contributed by atoms with E-state index in [4.69, 9.17) is 11.6 Å². The second kappa shape index (κ2) is 5.62. The molecule has 5 aromatic carbocycles. The molecule has 2 aliphatic carbocycles. The predicted octanol–water partition coefficient (Wildman–Crippen LogP) is 7.84. The fraction of sp³-hybridized carbons (Fsp3) is 0.0345. The maximum absolute atomic E-state index is 6.32. The number of hydrogen-bond acceptors (Lipinski definition) is 0. The molecule has 1 heteroatoms. The van der Waals surface area contributed by atoms with Crippen LogP contribution in [0.1, 0.15) is 22.3 Å². The molecule has 140 valence electrons. The normalized spacial score (nSPS) is 14.4. The molecule has 0 fully saturated rings. The van der Waals surface area contributed by atoms with Gasteiger partial charge < -0.3 is 0 Å². The number of halogens is 1. The van der Waals surface area contributed by atoms with E-state index in [9.17, 15) is 0 Å². The Balaban J connectivity index is 1.73. The van der Waals surface area contributed by atoms with E-state index in [0.29, 0.717) is 0 Å². The van der Waals surface area contributed by atoms with Crippen LogP contribution in [0.15, 0.2) is 103 Å². The number of fused-ring (bicyclic) bond motifs is 12. The Bertz CT molecular complexity index is 1460. The molecular weight excluding hydrogens is 384 g/mol. The second-order valence-corrected chi connectivity index (χ2v) is 8.68. The van der Waals surface area contributed by atoms with Crippen LogP contribution >= 0.6 is 11.6 Å². The third kappa shape index (κ3) is 1.79. The molecule has 1 spiro atoms. The second-order valence-electron chi connectivity index (χ2n) is 8.24. The fourth-order valence-electron chi connectivity index (χ4n) is 5.89. The van der Waals surface area contributed by atoms with Crippen molar-refractivity contribution >= 4 is 22.4 Å². The molecule has 0 aromatic heterocycles. The van der Waals surface area contributed by atoms with Gasteiger partial charge in [-0.15, -0.1) is 0 Å². The minimum absolute atomic E-state index is 0.271. The summed E-state index contributed by atoms with van der Waals surface area (Å²) in [5, 5.41) is 3.23. The summed E-state index contributed by atoms with van der Waals surface area (Å²) in [6.45, 7) is 0. The van der Waals surface area contributed by atoms with Crippen molar-refractivity contribution in [1.29, 1.82) is 0 Å². The Labute approximate surface area is 180 Å². The third-order valence-electron chi connectivity index (χ3n) is 6.94. The summed E-state index contributed by atoms with van der Waals surface area (Å²) in [5.74, 6) is 0. The first-order valence-corrected chi connectivity index (χ1v) is 10.7. The van der Waals surface area contributed by atoms with Crippen molar-refractivity contribution in [2.45, 2.75) is 5.41 Å². The third-order valence-corrected chi connectivity index (χ3v) is 7.17. The Kier molecular flexibility index (Phi) is 3.08. The van der Waals surface area contributed by atoms with Crippen LogP contribution in [0.4, 0.5) is 0 Å². The van der Waals surface area contributed by atoms with Gasteiger partial charge >= 0.3 is 0 Å². The molecule has 2 aliphatic rings. The zero-order valence-corrected chi connectivity index (χ0v) is 16.9.